The van der Waals surface area contributed by atoms with E-state index in [1.807, 2.05) is 0 Å². The summed E-state index contributed by atoms with van der Waals surface area (Å²) >= 11 is 0. The fourth-order valence-corrected chi connectivity index (χ4v) is 2.28. The molecular weight excluding hydrogens is 297 g/mol. The average Bonchev–Trinajstić information content (AvgIpc) is 2.33. The third kappa shape index (κ3) is 4.12. The van der Waals surface area contributed by atoms with Crippen LogP contribution in [0, 0.1) is 0 Å². The molecule has 1 aromatic carbocycles. The van der Waals surface area contributed by atoms with Crippen LogP contribution in [0.3, 0.4) is 0 Å². The van der Waals surface area contributed by atoms with E-state index in [2.05, 4.69) is 5.32 Å². The summed E-state index contributed by atoms with van der Waals surface area (Å²) in [5, 5.41) is 2.25. The molecule has 0 unspecified atom stereocenters. The Balaban J connectivity index is 3.13. The Morgan fingerprint density at radius 2 is 1.75 bits per heavy atom. The molecule has 0 aliphatic rings. The monoisotopic (exact) mass is 310 g/mol. The number of carbonyl (C=O) groups is 1. The number of nitrogens with one attached hydrogen (secondary N) is 1. The molecule has 0 heterocycles. The number of hydrogen-bond donors (Lipinski definition) is 1. The van der Waals surface area contributed by atoms with Crippen LogP contribution >= 0.6 is 0 Å². The topological polar surface area (TPSA) is 66.5 Å². The molecule has 112 valence electrons. The van der Waals surface area contributed by atoms with Crippen molar-refractivity contribution >= 4 is 21.6 Å². The largest absolute Gasteiger partial charge is 0.416 e. The van der Waals surface area contributed by atoms with Gasteiger partial charge in [0, 0.05) is 7.05 Å². The first kappa shape index (κ1) is 16.3. The molecule has 20 heavy (non-hydrogen) atoms. The molecule has 0 fully saturated rings. The van der Waals surface area contributed by atoms with E-state index in [9.17, 15) is 26.4 Å². The second kappa shape index (κ2) is 5.70. The van der Waals surface area contributed by atoms with Gasteiger partial charge in [-0.25, -0.2) is 8.42 Å². The summed E-state index contributed by atoms with van der Waals surface area (Å²) in [6.07, 6.45) is -3.64. The number of benzene rings is 1. The van der Waals surface area contributed by atoms with Crippen molar-refractivity contribution in [2.75, 3.05) is 24.2 Å². The summed E-state index contributed by atoms with van der Waals surface area (Å²) in [5.41, 5.74) is -0.904. The third-order valence-corrected chi connectivity index (χ3v) is 3.59. The highest BCUT2D eigenvalue weighted by Gasteiger charge is 2.30. The number of alkyl halides is 3. The first-order valence-corrected chi connectivity index (χ1v) is 7.26. The van der Waals surface area contributed by atoms with E-state index in [0.29, 0.717) is 0 Å². The molecule has 0 aliphatic heterocycles. The quantitative estimate of drug-likeness (QED) is 0.909. The minimum Gasteiger partial charge on any atom is -0.358 e. The van der Waals surface area contributed by atoms with Gasteiger partial charge < -0.3 is 5.32 Å². The lowest BCUT2D eigenvalue weighted by molar-refractivity contribution is -0.137. The van der Waals surface area contributed by atoms with Crippen molar-refractivity contribution in [1.29, 1.82) is 0 Å². The first-order chi connectivity index (χ1) is 9.05. The van der Waals surface area contributed by atoms with Crippen LogP contribution in [0.5, 0.6) is 0 Å². The highest BCUT2D eigenvalue weighted by atomic mass is 32.2. The molecule has 1 N–H and O–H groups in total. The lowest BCUT2D eigenvalue weighted by Gasteiger charge is -2.21. The van der Waals surface area contributed by atoms with Gasteiger partial charge in [-0.15, -0.1) is 0 Å². The number of rotatable bonds is 4. The van der Waals surface area contributed by atoms with Crippen LogP contribution in [-0.4, -0.2) is 34.2 Å². The summed E-state index contributed by atoms with van der Waals surface area (Å²) < 4.78 is 61.2. The molecule has 9 heteroatoms. The van der Waals surface area contributed by atoms with Crippen molar-refractivity contribution in [3.8, 4) is 0 Å². The lowest BCUT2D eigenvalue weighted by atomic mass is 10.2. The van der Waals surface area contributed by atoms with Gasteiger partial charge in [-0.1, -0.05) is 0 Å². The summed E-state index contributed by atoms with van der Waals surface area (Å²) in [7, 11) is -2.45. The Bertz CT molecular complexity index is 582. The maximum Gasteiger partial charge on any atom is 0.416 e. The van der Waals surface area contributed by atoms with Crippen LogP contribution in [0.15, 0.2) is 24.3 Å². The zero-order valence-corrected chi connectivity index (χ0v) is 11.5. The molecule has 1 aromatic rings. The smallest absolute Gasteiger partial charge is 0.358 e. The van der Waals surface area contributed by atoms with Gasteiger partial charge in [0.1, 0.15) is 6.54 Å². The van der Waals surface area contributed by atoms with Crippen molar-refractivity contribution in [3.63, 3.8) is 0 Å². The maximum absolute atomic E-state index is 12.4. The number of likely N-dealkylation sites (N-methyl/N-ethyl adjacent to an activating group) is 1. The first-order valence-electron chi connectivity index (χ1n) is 5.41. The van der Waals surface area contributed by atoms with Gasteiger partial charge in [0.2, 0.25) is 15.9 Å². The summed E-state index contributed by atoms with van der Waals surface area (Å²) in [6.45, 7) is -0.499. The second-order valence-corrected chi connectivity index (χ2v) is 5.89. The molecule has 0 atom stereocenters. The predicted octanol–water partition coefficient (Wildman–Crippen LogP) is 1.22. The van der Waals surface area contributed by atoms with Crippen LogP contribution in [0.4, 0.5) is 18.9 Å². The molecule has 0 aliphatic carbocycles. The van der Waals surface area contributed by atoms with Gasteiger partial charge in [-0.05, 0) is 24.3 Å². The van der Waals surface area contributed by atoms with Crippen molar-refractivity contribution < 1.29 is 26.4 Å². The molecule has 0 saturated heterocycles. The number of carbonyl (C=O) groups excluding carboxylic acids is 1. The standard InChI is InChI=1S/C11H13F3N2O3S/c1-15-10(17)7-16(20(2,18)19)9-5-3-8(4-6-9)11(12,13)14/h3-6H,7H2,1-2H3,(H,15,17). The van der Waals surface area contributed by atoms with E-state index in [-0.39, 0.29) is 5.69 Å². The Morgan fingerprint density at radius 1 is 1.25 bits per heavy atom. The normalized spacial score (nSPS) is 12.1. The molecule has 0 radical (unpaired) electrons. The van der Waals surface area contributed by atoms with E-state index in [1.54, 1.807) is 0 Å². The number of halogens is 3. The van der Waals surface area contributed by atoms with Gasteiger partial charge in [0.15, 0.2) is 0 Å². The number of sulfonamides is 1. The average molecular weight is 310 g/mol. The lowest BCUT2D eigenvalue weighted by Crippen LogP contribution is -2.39. The summed E-state index contributed by atoms with van der Waals surface area (Å²) in [6, 6.07) is 3.54. The number of nitrogens with zero attached hydrogens (tertiary/aromatic N) is 1. The van der Waals surface area contributed by atoms with Crippen LogP contribution in [0.2, 0.25) is 0 Å². The van der Waals surface area contributed by atoms with E-state index >= 15 is 0 Å². The Kier molecular flexibility index (Phi) is 4.64. The number of anilines is 1. The van der Waals surface area contributed by atoms with Crippen LogP contribution in [-0.2, 0) is 21.0 Å². The molecule has 0 bridgehead atoms. The van der Waals surface area contributed by atoms with Gasteiger partial charge in [-0.2, -0.15) is 13.2 Å². The van der Waals surface area contributed by atoms with Crippen molar-refractivity contribution in [2.45, 2.75) is 6.18 Å². The highest BCUT2D eigenvalue weighted by Crippen LogP contribution is 2.30. The summed E-state index contributed by atoms with van der Waals surface area (Å²) in [4.78, 5) is 11.3. The van der Waals surface area contributed by atoms with Crippen LogP contribution < -0.4 is 9.62 Å². The Morgan fingerprint density at radius 3 is 2.10 bits per heavy atom. The molecular formula is C11H13F3N2O3S. The SMILES string of the molecule is CNC(=O)CN(c1ccc(C(F)(F)F)cc1)S(C)(=O)=O. The fraction of sp³-hybridized carbons (Fsp3) is 0.364. The van der Waals surface area contributed by atoms with E-state index in [4.69, 9.17) is 0 Å². The van der Waals surface area contributed by atoms with Crippen molar-refractivity contribution in [1.82, 2.24) is 5.32 Å². The highest BCUT2D eigenvalue weighted by molar-refractivity contribution is 7.92. The van der Waals surface area contributed by atoms with Gasteiger partial charge in [0.25, 0.3) is 0 Å². The Labute approximate surface area is 114 Å². The van der Waals surface area contributed by atoms with Crippen LogP contribution in [0.25, 0.3) is 0 Å². The second-order valence-electron chi connectivity index (χ2n) is 3.99. The molecule has 1 rings (SSSR count). The van der Waals surface area contributed by atoms with E-state index in [0.717, 1.165) is 34.8 Å². The zero-order valence-electron chi connectivity index (χ0n) is 10.7. The predicted molar refractivity (Wildman–Crippen MR) is 67.7 cm³/mol. The molecule has 1 amide bonds. The van der Waals surface area contributed by atoms with Crippen LogP contribution in [0.1, 0.15) is 5.56 Å². The van der Waals surface area contributed by atoms with E-state index < -0.39 is 34.2 Å². The fourth-order valence-electron chi connectivity index (χ4n) is 1.43. The third-order valence-electron chi connectivity index (χ3n) is 2.45. The molecule has 0 saturated carbocycles. The van der Waals surface area contributed by atoms with Crippen molar-refractivity contribution in [2.24, 2.45) is 0 Å². The van der Waals surface area contributed by atoms with Gasteiger partial charge in [-0.3, -0.25) is 9.10 Å². The number of hydrogen-bond acceptors (Lipinski definition) is 3. The van der Waals surface area contributed by atoms with Gasteiger partial charge in [0.05, 0.1) is 17.5 Å². The number of amides is 1. The Hall–Kier alpha value is -1.77. The minimum absolute atomic E-state index is 0.0101. The minimum atomic E-state index is -4.50. The molecule has 0 aromatic heterocycles. The zero-order chi connectivity index (χ0) is 15.6. The van der Waals surface area contributed by atoms with E-state index in [1.165, 1.54) is 7.05 Å². The van der Waals surface area contributed by atoms with Gasteiger partial charge >= 0.3 is 6.18 Å². The maximum atomic E-state index is 12.4. The summed E-state index contributed by atoms with van der Waals surface area (Å²) in [5.74, 6) is -0.574. The molecule has 0 spiro atoms. The molecule has 5 nitrogen and oxygen atoms in total. The van der Waals surface area contributed by atoms with Crippen molar-refractivity contribution in [3.05, 3.63) is 29.8 Å².